The van der Waals surface area contributed by atoms with E-state index in [0.29, 0.717) is 25.2 Å². The van der Waals surface area contributed by atoms with E-state index in [1.54, 1.807) is 16.2 Å². The van der Waals surface area contributed by atoms with E-state index < -0.39 is 0 Å². The van der Waals surface area contributed by atoms with Gasteiger partial charge in [0.25, 0.3) is 5.91 Å². The molecule has 0 atom stereocenters. The molecule has 2 aliphatic rings. The van der Waals surface area contributed by atoms with E-state index in [9.17, 15) is 9.59 Å². The molecule has 6 heteroatoms. The maximum atomic E-state index is 12.8. The number of fused-ring (bicyclic) bond motifs is 1. The highest BCUT2D eigenvalue weighted by atomic mass is 32.1. The number of carbonyl (C=O) groups excluding carboxylic acids is 2. The Kier molecular flexibility index (Phi) is 3.53. The Hall–Kier alpha value is -2.34. The van der Waals surface area contributed by atoms with Gasteiger partial charge in [-0.3, -0.25) is 9.69 Å². The summed E-state index contributed by atoms with van der Waals surface area (Å²) in [5, 5.41) is 4.87. The van der Waals surface area contributed by atoms with Crippen LogP contribution < -0.4 is 10.2 Å². The lowest BCUT2D eigenvalue weighted by molar-refractivity contribution is 0.0736. The van der Waals surface area contributed by atoms with Crippen molar-refractivity contribution in [1.82, 2.24) is 10.2 Å². The van der Waals surface area contributed by atoms with Crippen LogP contribution in [-0.4, -0.2) is 36.5 Å². The third-order valence-corrected chi connectivity index (χ3v) is 5.38. The molecule has 2 aliphatic heterocycles. The van der Waals surface area contributed by atoms with Crippen molar-refractivity contribution in [2.24, 2.45) is 0 Å². The number of hydrogen-bond donors (Lipinski definition) is 1. The Labute approximate surface area is 138 Å². The molecule has 2 aromatic rings. The summed E-state index contributed by atoms with van der Waals surface area (Å²) in [6, 6.07) is 9.35. The van der Waals surface area contributed by atoms with E-state index in [0.717, 1.165) is 18.7 Å². The molecular weight excluding hydrogens is 310 g/mol. The van der Waals surface area contributed by atoms with Gasteiger partial charge < -0.3 is 10.2 Å². The Bertz CT molecular complexity index is 771. The fourth-order valence-corrected chi connectivity index (χ4v) is 4.02. The molecule has 0 spiro atoms. The Morgan fingerprint density at radius 3 is 2.96 bits per heavy atom. The van der Waals surface area contributed by atoms with Crippen LogP contribution in [0.3, 0.4) is 0 Å². The van der Waals surface area contributed by atoms with Crippen molar-refractivity contribution in [3.63, 3.8) is 0 Å². The number of benzene rings is 1. The standard InChI is InChI=1S/C17H17N3O2S/c21-16(19-7-4-15-13(11-19)5-9-23-15)12-2-1-3-14(10-12)20-8-6-18-17(20)22/h1-3,5,9-10H,4,6-8,11H2,(H,18,22). The molecule has 4 rings (SSSR count). The number of nitrogens with zero attached hydrogens (tertiary/aromatic N) is 2. The van der Waals surface area contributed by atoms with Gasteiger partial charge in [0.15, 0.2) is 0 Å². The van der Waals surface area contributed by atoms with Crippen molar-refractivity contribution < 1.29 is 9.59 Å². The van der Waals surface area contributed by atoms with E-state index in [1.807, 2.05) is 29.2 Å². The van der Waals surface area contributed by atoms with E-state index >= 15 is 0 Å². The highest BCUT2D eigenvalue weighted by molar-refractivity contribution is 7.10. The highest BCUT2D eigenvalue weighted by Gasteiger charge is 2.25. The van der Waals surface area contributed by atoms with Gasteiger partial charge in [-0.1, -0.05) is 6.07 Å². The number of nitrogens with one attached hydrogen (secondary N) is 1. The molecule has 3 amide bonds. The Morgan fingerprint density at radius 1 is 1.22 bits per heavy atom. The van der Waals surface area contributed by atoms with Gasteiger partial charge in [0.05, 0.1) is 0 Å². The van der Waals surface area contributed by atoms with Crippen molar-refractivity contribution >= 4 is 29.0 Å². The lowest BCUT2D eigenvalue weighted by Gasteiger charge is -2.27. The van der Waals surface area contributed by atoms with Crippen molar-refractivity contribution in [3.05, 3.63) is 51.7 Å². The second-order valence-corrected chi connectivity index (χ2v) is 6.78. The van der Waals surface area contributed by atoms with Crippen LogP contribution in [0.1, 0.15) is 20.8 Å². The number of anilines is 1. The number of amides is 3. The van der Waals surface area contributed by atoms with Crippen molar-refractivity contribution in [1.29, 1.82) is 0 Å². The molecule has 1 aromatic carbocycles. The largest absolute Gasteiger partial charge is 0.336 e. The molecule has 0 saturated carbocycles. The lowest BCUT2D eigenvalue weighted by Crippen LogP contribution is -2.35. The van der Waals surface area contributed by atoms with Gasteiger partial charge in [-0.05, 0) is 41.6 Å². The maximum Gasteiger partial charge on any atom is 0.321 e. The monoisotopic (exact) mass is 327 g/mol. The predicted molar refractivity (Wildman–Crippen MR) is 90.0 cm³/mol. The zero-order chi connectivity index (χ0) is 15.8. The SMILES string of the molecule is O=C(c1cccc(N2CCNC2=O)c1)N1CCc2sccc2C1. The van der Waals surface area contributed by atoms with E-state index in [4.69, 9.17) is 0 Å². The third kappa shape index (κ3) is 2.59. The van der Waals surface area contributed by atoms with Gasteiger partial charge >= 0.3 is 6.03 Å². The van der Waals surface area contributed by atoms with Crippen LogP contribution in [0.4, 0.5) is 10.5 Å². The molecule has 0 aliphatic carbocycles. The minimum Gasteiger partial charge on any atom is -0.336 e. The minimum absolute atomic E-state index is 0.0308. The fraction of sp³-hybridized carbons (Fsp3) is 0.294. The van der Waals surface area contributed by atoms with Crippen LogP contribution in [0.2, 0.25) is 0 Å². The first-order valence-corrected chi connectivity index (χ1v) is 8.60. The molecule has 5 nitrogen and oxygen atoms in total. The second kappa shape index (κ2) is 5.70. The molecular formula is C17H17N3O2S. The second-order valence-electron chi connectivity index (χ2n) is 5.78. The molecule has 3 heterocycles. The Balaban J connectivity index is 1.56. The van der Waals surface area contributed by atoms with Crippen molar-refractivity contribution in [3.8, 4) is 0 Å². The first-order valence-electron chi connectivity index (χ1n) is 7.72. The zero-order valence-electron chi connectivity index (χ0n) is 12.6. The quantitative estimate of drug-likeness (QED) is 0.921. The highest BCUT2D eigenvalue weighted by Crippen LogP contribution is 2.26. The zero-order valence-corrected chi connectivity index (χ0v) is 13.4. The van der Waals surface area contributed by atoms with Gasteiger partial charge in [-0.2, -0.15) is 0 Å². The van der Waals surface area contributed by atoms with Crippen LogP contribution in [0.25, 0.3) is 0 Å². The van der Waals surface area contributed by atoms with E-state index in [-0.39, 0.29) is 11.9 Å². The summed E-state index contributed by atoms with van der Waals surface area (Å²) in [6.45, 7) is 2.70. The third-order valence-electron chi connectivity index (χ3n) is 4.36. The Morgan fingerprint density at radius 2 is 2.13 bits per heavy atom. The molecule has 1 N–H and O–H groups in total. The fourth-order valence-electron chi connectivity index (χ4n) is 3.13. The first-order chi connectivity index (χ1) is 11.2. The summed E-state index contributed by atoms with van der Waals surface area (Å²) in [7, 11) is 0. The molecule has 1 aromatic heterocycles. The van der Waals surface area contributed by atoms with Crippen molar-refractivity contribution in [2.45, 2.75) is 13.0 Å². The number of rotatable bonds is 2. The van der Waals surface area contributed by atoms with E-state index in [1.165, 1.54) is 10.4 Å². The minimum atomic E-state index is -0.101. The van der Waals surface area contributed by atoms with Crippen LogP contribution in [0, 0.1) is 0 Å². The average Bonchev–Trinajstić information content (AvgIpc) is 3.22. The molecule has 23 heavy (non-hydrogen) atoms. The smallest absolute Gasteiger partial charge is 0.321 e. The van der Waals surface area contributed by atoms with Gasteiger partial charge in [-0.25, -0.2) is 4.79 Å². The topological polar surface area (TPSA) is 52.7 Å². The predicted octanol–water partition coefficient (Wildman–Crippen LogP) is 2.48. The van der Waals surface area contributed by atoms with Crippen LogP contribution in [0.5, 0.6) is 0 Å². The lowest BCUT2D eigenvalue weighted by atomic mass is 10.1. The summed E-state index contributed by atoms with van der Waals surface area (Å²) >= 11 is 1.77. The maximum absolute atomic E-state index is 12.8. The molecule has 0 unspecified atom stereocenters. The summed E-state index contributed by atoms with van der Waals surface area (Å²) < 4.78 is 0. The molecule has 118 valence electrons. The molecule has 1 fully saturated rings. The van der Waals surface area contributed by atoms with Crippen LogP contribution in [0.15, 0.2) is 35.7 Å². The normalized spacial score (nSPS) is 17.1. The number of hydrogen-bond acceptors (Lipinski definition) is 3. The van der Waals surface area contributed by atoms with Gasteiger partial charge in [0.1, 0.15) is 0 Å². The van der Waals surface area contributed by atoms with Crippen LogP contribution >= 0.6 is 11.3 Å². The van der Waals surface area contributed by atoms with Crippen LogP contribution in [-0.2, 0) is 13.0 Å². The van der Waals surface area contributed by atoms with E-state index in [2.05, 4.69) is 16.8 Å². The summed E-state index contributed by atoms with van der Waals surface area (Å²) in [6.07, 6.45) is 0.924. The first kappa shape index (κ1) is 14.3. The molecule has 1 saturated heterocycles. The van der Waals surface area contributed by atoms with Gasteiger partial charge in [0.2, 0.25) is 0 Å². The summed E-state index contributed by atoms with van der Waals surface area (Å²) in [5.74, 6) is 0.0308. The number of urea groups is 1. The molecule has 0 radical (unpaired) electrons. The summed E-state index contributed by atoms with van der Waals surface area (Å²) in [5.41, 5.74) is 2.67. The average molecular weight is 327 g/mol. The van der Waals surface area contributed by atoms with Gasteiger partial charge in [-0.15, -0.1) is 11.3 Å². The van der Waals surface area contributed by atoms with Crippen molar-refractivity contribution in [2.75, 3.05) is 24.5 Å². The van der Waals surface area contributed by atoms with Gasteiger partial charge in [0, 0.05) is 42.3 Å². The number of thiophene rings is 1. The summed E-state index contributed by atoms with van der Waals surface area (Å²) in [4.78, 5) is 29.5. The number of carbonyl (C=O) groups is 2. The molecule has 0 bridgehead atoms.